The lowest BCUT2D eigenvalue weighted by Gasteiger charge is -2.24. The smallest absolute Gasteiger partial charge is 0.167 e. The fraction of sp³-hybridized carbons (Fsp3) is 0.0667. The Balaban J connectivity index is 2.07. The van der Waals surface area contributed by atoms with Gasteiger partial charge in [-0.3, -0.25) is 0 Å². The van der Waals surface area contributed by atoms with Crippen LogP contribution < -0.4 is 4.74 Å². The van der Waals surface area contributed by atoms with Crippen LogP contribution in [0.25, 0.3) is 0 Å². The van der Waals surface area contributed by atoms with Gasteiger partial charge in [0.25, 0.3) is 0 Å². The summed E-state index contributed by atoms with van der Waals surface area (Å²) in [4.78, 5) is 4.47. The summed E-state index contributed by atoms with van der Waals surface area (Å²) in [5.41, 5.74) is 2.41. The molecular weight excluding hydrogens is 224 g/mol. The molecule has 1 aliphatic rings. The minimum atomic E-state index is -0.293. The molecule has 3 heteroatoms. The number of aliphatic imine (C=N–C) groups is 1. The van der Waals surface area contributed by atoms with Gasteiger partial charge in [0.15, 0.2) is 6.10 Å². The maximum Gasteiger partial charge on any atom is 0.167 e. The van der Waals surface area contributed by atoms with E-state index in [2.05, 4.69) is 4.99 Å². The summed E-state index contributed by atoms with van der Waals surface area (Å²) in [7, 11) is 0. The Morgan fingerprint density at radius 1 is 1.00 bits per heavy atom. The average Bonchev–Trinajstić information content (AvgIpc) is 2.46. The first kappa shape index (κ1) is 10.7. The fourth-order valence-corrected chi connectivity index (χ4v) is 2.01. The molecule has 3 rings (SSSR count). The molecule has 0 bridgehead atoms. The molecular formula is C15H12N2O. The van der Waals surface area contributed by atoms with E-state index < -0.39 is 0 Å². The van der Waals surface area contributed by atoms with Crippen molar-refractivity contribution in [3.63, 3.8) is 0 Å². The van der Waals surface area contributed by atoms with Gasteiger partial charge in [-0.1, -0.05) is 42.5 Å². The van der Waals surface area contributed by atoms with Gasteiger partial charge in [0.05, 0.1) is 0 Å². The number of fused-ring (bicyclic) bond motifs is 1. The van der Waals surface area contributed by atoms with Crippen LogP contribution in [0.4, 0.5) is 5.69 Å². The third kappa shape index (κ3) is 1.80. The molecule has 0 saturated heterocycles. The van der Waals surface area contributed by atoms with Crippen molar-refractivity contribution in [2.75, 3.05) is 0 Å². The number of nitrogens with one attached hydrogen (secondary N) is 1. The van der Waals surface area contributed by atoms with Crippen molar-refractivity contribution >= 4 is 17.6 Å². The Morgan fingerprint density at radius 2 is 1.72 bits per heavy atom. The fourth-order valence-electron chi connectivity index (χ4n) is 2.01. The van der Waals surface area contributed by atoms with Gasteiger partial charge in [0, 0.05) is 6.21 Å². The normalized spacial score (nSPS) is 17.3. The van der Waals surface area contributed by atoms with Crippen LogP contribution in [0.2, 0.25) is 0 Å². The highest BCUT2D eigenvalue weighted by atomic mass is 16.5. The van der Waals surface area contributed by atoms with Crippen molar-refractivity contribution in [1.29, 1.82) is 5.41 Å². The molecule has 18 heavy (non-hydrogen) atoms. The van der Waals surface area contributed by atoms with E-state index in [0.29, 0.717) is 5.71 Å². The van der Waals surface area contributed by atoms with Gasteiger partial charge in [-0.25, -0.2) is 4.99 Å². The Kier molecular flexibility index (Phi) is 2.65. The quantitative estimate of drug-likeness (QED) is 0.796. The molecule has 0 aromatic heterocycles. The summed E-state index contributed by atoms with van der Waals surface area (Å²) in [6, 6.07) is 17.5. The zero-order valence-corrected chi connectivity index (χ0v) is 9.71. The highest BCUT2D eigenvalue weighted by molar-refractivity contribution is 6.32. The minimum Gasteiger partial charge on any atom is -0.477 e. The van der Waals surface area contributed by atoms with Crippen molar-refractivity contribution in [1.82, 2.24) is 0 Å². The number of hydrogen-bond donors (Lipinski definition) is 1. The van der Waals surface area contributed by atoms with Gasteiger partial charge in [-0.05, 0) is 17.7 Å². The van der Waals surface area contributed by atoms with E-state index in [1.807, 2.05) is 54.6 Å². The molecule has 2 aromatic rings. The number of benzene rings is 2. The number of nitrogens with zero attached hydrogens (tertiary/aromatic N) is 1. The lowest BCUT2D eigenvalue weighted by atomic mass is 10.0. The third-order valence-electron chi connectivity index (χ3n) is 2.88. The summed E-state index contributed by atoms with van der Waals surface area (Å²) in [6.45, 7) is 0. The van der Waals surface area contributed by atoms with E-state index in [0.717, 1.165) is 17.0 Å². The summed E-state index contributed by atoms with van der Waals surface area (Å²) in [6.07, 6.45) is 0.965. The molecule has 0 amide bonds. The molecule has 0 aliphatic carbocycles. The first-order chi connectivity index (χ1) is 8.88. The van der Waals surface area contributed by atoms with Crippen LogP contribution >= 0.6 is 0 Å². The maximum atomic E-state index is 7.48. The monoisotopic (exact) mass is 236 g/mol. The molecule has 0 radical (unpaired) electrons. The highest BCUT2D eigenvalue weighted by Gasteiger charge is 2.24. The van der Waals surface area contributed by atoms with Gasteiger partial charge in [0.1, 0.15) is 17.1 Å². The molecule has 1 atom stereocenters. The van der Waals surface area contributed by atoms with E-state index in [1.165, 1.54) is 6.21 Å². The SMILES string of the molecule is N=CC1=Nc2ccccc2OC1c1ccccc1. The largest absolute Gasteiger partial charge is 0.477 e. The Labute approximate surface area is 105 Å². The van der Waals surface area contributed by atoms with Crippen LogP contribution in [0, 0.1) is 5.41 Å². The number of para-hydroxylation sites is 2. The third-order valence-corrected chi connectivity index (χ3v) is 2.88. The van der Waals surface area contributed by atoms with Gasteiger partial charge in [-0.15, -0.1) is 0 Å². The van der Waals surface area contributed by atoms with Crippen LogP contribution in [-0.2, 0) is 0 Å². The summed E-state index contributed by atoms with van der Waals surface area (Å²) in [5, 5.41) is 7.48. The van der Waals surface area contributed by atoms with E-state index in [4.69, 9.17) is 10.1 Å². The minimum absolute atomic E-state index is 0.293. The molecule has 88 valence electrons. The summed E-state index contributed by atoms with van der Waals surface area (Å²) in [5.74, 6) is 0.761. The predicted octanol–water partition coefficient (Wildman–Crippen LogP) is 3.54. The molecule has 0 fully saturated rings. The van der Waals surface area contributed by atoms with Crippen LogP contribution in [0.3, 0.4) is 0 Å². The average molecular weight is 236 g/mol. The van der Waals surface area contributed by atoms with E-state index >= 15 is 0 Å². The molecule has 3 nitrogen and oxygen atoms in total. The topological polar surface area (TPSA) is 45.4 Å². The van der Waals surface area contributed by atoms with Crippen LogP contribution in [0.1, 0.15) is 11.7 Å². The number of hydrogen-bond acceptors (Lipinski definition) is 3. The second kappa shape index (κ2) is 4.45. The molecule has 1 heterocycles. The second-order valence-corrected chi connectivity index (χ2v) is 4.06. The van der Waals surface area contributed by atoms with E-state index in [9.17, 15) is 0 Å². The lowest BCUT2D eigenvalue weighted by Crippen LogP contribution is -2.22. The molecule has 1 N–H and O–H groups in total. The summed E-state index contributed by atoms with van der Waals surface area (Å²) >= 11 is 0. The standard InChI is InChI=1S/C15H12N2O/c16-10-13-15(11-6-2-1-3-7-11)18-14-9-5-4-8-12(14)17-13/h1-10,15-16H. The van der Waals surface area contributed by atoms with E-state index in [-0.39, 0.29) is 6.10 Å². The molecule has 0 spiro atoms. The van der Waals surface area contributed by atoms with Crippen molar-refractivity contribution in [3.8, 4) is 5.75 Å². The van der Waals surface area contributed by atoms with Crippen LogP contribution in [0.15, 0.2) is 59.6 Å². The first-order valence-corrected chi connectivity index (χ1v) is 5.78. The van der Waals surface area contributed by atoms with Gasteiger partial charge in [-0.2, -0.15) is 0 Å². The Bertz CT molecular complexity index is 605. The number of ether oxygens (including phenoxy) is 1. The molecule has 2 aromatic carbocycles. The van der Waals surface area contributed by atoms with Crippen molar-refractivity contribution in [2.45, 2.75) is 6.10 Å². The van der Waals surface area contributed by atoms with E-state index in [1.54, 1.807) is 0 Å². The van der Waals surface area contributed by atoms with Gasteiger partial charge >= 0.3 is 0 Å². The first-order valence-electron chi connectivity index (χ1n) is 5.78. The predicted molar refractivity (Wildman–Crippen MR) is 72.1 cm³/mol. The van der Waals surface area contributed by atoms with Crippen LogP contribution in [-0.4, -0.2) is 11.9 Å². The zero-order valence-electron chi connectivity index (χ0n) is 9.71. The second-order valence-electron chi connectivity index (χ2n) is 4.06. The summed E-state index contributed by atoms with van der Waals surface area (Å²) < 4.78 is 5.94. The van der Waals surface area contributed by atoms with Crippen LogP contribution in [0.5, 0.6) is 5.75 Å². The van der Waals surface area contributed by atoms with Gasteiger partial charge in [0.2, 0.25) is 0 Å². The van der Waals surface area contributed by atoms with Crippen molar-refractivity contribution < 1.29 is 4.74 Å². The van der Waals surface area contributed by atoms with Gasteiger partial charge < -0.3 is 10.1 Å². The number of rotatable bonds is 2. The maximum absolute atomic E-state index is 7.48. The zero-order chi connectivity index (χ0) is 12.4. The Morgan fingerprint density at radius 3 is 2.50 bits per heavy atom. The molecule has 0 saturated carbocycles. The molecule has 1 unspecified atom stereocenters. The lowest BCUT2D eigenvalue weighted by molar-refractivity contribution is 0.272. The van der Waals surface area contributed by atoms with Crippen molar-refractivity contribution in [3.05, 3.63) is 60.2 Å². The molecule has 1 aliphatic heterocycles. The van der Waals surface area contributed by atoms with Crippen molar-refractivity contribution in [2.24, 2.45) is 4.99 Å². The highest BCUT2D eigenvalue weighted by Crippen LogP contribution is 2.36. The Hall–Kier alpha value is -2.42.